The third kappa shape index (κ3) is 7.35. The van der Waals surface area contributed by atoms with E-state index in [4.69, 9.17) is 16.3 Å². The molecule has 11 heteroatoms. The zero-order valence-electron chi connectivity index (χ0n) is 18.8. The number of likely N-dealkylation sites (N-methyl/N-ethyl adjacent to an activating group) is 1. The van der Waals surface area contributed by atoms with Crippen LogP contribution in [-0.2, 0) is 26.2 Å². The Kier molecular flexibility index (Phi) is 9.57. The van der Waals surface area contributed by atoms with Gasteiger partial charge in [-0.2, -0.15) is 0 Å². The number of carbonyl (C=O) groups is 2. The SMILES string of the molecule is CCNC(=O)C(C)N(Cc1cccc(Br)c1)C(=O)CN(c1ccc(OC)c(Cl)c1)S(C)(=O)=O. The number of anilines is 1. The number of methoxy groups -OCH3 is 1. The van der Waals surface area contributed by atoms with Gasteiger partial charge in [-0.3, -0.25) is 13.9 Å². The molecule has 0 bridgehead atoms. The second-order valence-corrected chi connectivity index (χ2v) is 10.5. The first-order chi connectivity index (χ1) is 15.5. The Morgan fingerprint density at radius 3 is 2.45 bits per heavy atom. The van der Waals surface area contributed by atoms with E-state index >= 15 is 0 Å². The fourth-order valence-electron chi connectivity index (χ4n) is 3.16. The van der Waals surface area contributed by atoms with Gasteiger partial charge < -0.3 is 15.0 Å². The Balaban J connectivity index is 2.41. The Labute approximate surface area is 208 Å². The highest BCUT2D eigenvalue weighted by Gasteiger charge is 2.30. The highest BCUT2D eigenvalue weighted by molar-refractivity contribution is 9.10. The van der Waals surface area contributed by atoms with Gasteiger partial charge in [0.15, 0.2) is 0 Å². The second kappa shape index (κ2) is 11.7. The van der Waals surface area contributed by atoms with Crippen LogP contribution in [0.4, 0.5) is 5.69 Å². The molecule has 0 aliphatic rings. The van der Waals surface area contributed by atoms with Crippen LogP contribution in [0.2, 0.25) is 5.02 Å². The first-order valence-electron chi connectivity index (χ1n) is 10.1. The summed E-state index contributed by atoms with van der Waals surface area (Å²) in [5.74, 6) is -0.494. The predicted octanol–water partition coefficient (Wildman–Crippen LogP) is 3.43. The minimum Gasteiger partial charge on any atom is -0.495 e. The number of amides is 2. The molecule has 2 aromatic rings. The number of ether oxygens (including phenoxy) is 1. The van der Waals surface area contributed by atoms with Gasteiger partial charge in [-0.15, -0.1) is 0 Å². The standard InChI is InChI=1S/C22H27BrClN3O5S/c1-5-25-22(29)15(2)26(13-16-7-6-8-17(23)11-16)21(28)14-27(33(4,30)31)18-9-10-20(32-3)19(24)12-18/h6-12,15H,5,13-14H2,1-4H3,(H,25,29). The van der Waals surface area contributed by atoms with Crippen molar-refractivity contribution in [3.05, 3.63) is 57.5 Å². The van der Waals surface area contributed by atoms with Gasteiger partial charge in [0.2, 0.25) is 21.8 Å². The van der Waals surface area contributed by atoms with Crippen LogP contribution in [0.15, 0.2) is 46.9 Å². The van der Waals surface area contributed by atoms with Crippen LogP contribution in [0.5, 0.6) is 5.75 Å². The van der Waals surface area contributed by atoms with E-state index in [9.17, 15) is 18.0 Å². The first kappa shape index (κ1) is 26.9. The minimum atomic E-state index is -3.84. The molecular weight excluding hydrogens is 534 g/mol. The van der Waals surface area contributed by atoms with Crippen molar-refractivity contribution < 1.29 is 22.7 Å². The summed E-state index contributed by atoms with van der Waals surface area (Å²) >= 11 is 9.57. The maximum Gasteiger partial charge on any atom is 0.244 e. The van der Waals surface area contributed by atoms with E-state index in [1.807, 2.05) is 24.3 Å². The van der Waals surface area contributed by atoms with Crippen molar-refractivity contribution in [3.63, 3.8) is 0 Å². The Morgan fingerprint density at radius 1 is 1.21 bits per heavy atom. The summed E-state index contributed by atoms with van der Waals surface area (Å²) in [5.41, 5.74) is 0.997. The zero-order chi connectivity index (χ0) is 24.8. The largest absolute Gasteiger partial charge is 0.495 e. The lowest BCUT2D eigenvalue weighted by Gasteiger charge is -2.31. The van der Waals surface area contributed by atoms with Crippen LogP contribution in [0.25, 0.3) is 0 Å². The van der Waals surface area contributed by atoms with Crippen molar-refractivity contribution in [1.29, 1.82) is 0 Å². The molecule has 0 aromatic heterocycles. The molecule has 180 valence electrons. The third-order valence-corrected chi connectivity index (χ3v) is 6.79. The maximum absolute atomic E-state index is 13.4. The summed E-state index contributed by atoms with van der Waals surface area (Å²) in [6.07, 6.45) is 1.00. The lowest BCUT2D eigenvalue weighted by atomic mass is 10.1. The highest BCUT2D eigenvalue weighted by atomic mass is 79.9. The summed E-state index contributed by atoms with van der Waals surface area (Å²) in [6, 6.07) is 11.0. The Hall–Kier alpha value is -2.30. The Bertz CT molecular complexity index is 1110. The van der Waals surface area contributed by atoms with Gasteiger partial charge >= 0.3 is 0 Å². The number of hydrogen-bond acceptors (Lipinski definition) is 5. The van der Waals surface area contributed by atoms with Crippen molar-refractivity contribution in [1.82, 2.24) is 10.2 Å². The average molecular weight is 561 g/mol. The van der Waals surface area contributed by atoms with Crippen LogP contribution in [0.3, 0.4) is 0 Å². The van der Waals surface area contributed by atoms with E-state index < -0.39 is 28.5 Å². The lowest BCUT2D eigenvalue weighted by Crippen LogP contribution is -2.51. The van der Waals surface area contributed by atoms with Crippen LogP contribution in [0.1, 0.15) is 19.4 Å². The van der Waals surface area contributed by atoms with Gasteiger partial charge in [-0.1, -0.05) is 39.7 Å². The molecule has 0 saturated carbocycles. The quantitative estimate of drug-likeness (QED) is 0.480. The number of rotatable bonds is 10. The van der Waals surface area contributed by atoms with Gasteiger partial charge in [0.25, 0.3) is 0 Å². The minimum absolute atomic E-state index is 0.123. The van der Waals surface area contributed by atoms with E-state index in [1.54, 1.807) is 13.8 Å². The molecule has 2 rings (SSSR count). The molecule has 2 amide bonds. The average Bonchev–Trinajstić information content (AvgIpc) is 2.74. The van der Waals surface area contributed by atoms with Gasteiger partial charge in [0.1, 0.15) is 18.3 Å². The smallest absolute Gasteiger partial charge is 0.244 e. The summed E-state index contributed by atoms with van der Waals surface area (Å²) in [6.45, 7) is 3.42. The van der Waals surface area contributed by atoms with E-state index in [-0.39, 0.29) is 23.2 Å². The van der Waals surface area contributed by atoms with Crippen molar-refractivity contribution in [3.8, 4) is 5.75 Å². The van der Waals surface area contributed by atoms with Crippen LogP contribution in [0, 0.1) is 0 Å². The molecule has 33 heavy (non-hydrogen) atoms. The molecule has 1 unspecified atom stereocenters. The number of nitrogens with zero attached hydrogens (tertiary/aromatic N) is 2. The van der Waals surface area contributed by atoms with Gasteiger partial charge in [-0.25, -0.2) is 8.42 Å². The molecule has 0 fully saturated rings. The van der Waals surface area contributed by atoms with Crippen molar-refractivity contribution in [2.75, 3.05) is 30.8 Å². The molecule has 1 N–H and O–H groups in total. The molecule has 0 radical (unpaired) electrons. The van der Waals surface area contributed by atoms with Crippen LogP contribution >= 0.6 is 27.5 Å². The summed E-state index contributed by atoms with van der Waals surface area (Å²) in [4.78, 5) is 27.3. The number of sulfonamides is 1. The number of hydrogen-bond donors (Lipinski definition) is 1. The number of halogens is 2. The second-order valence-electron chi connectivity index (χ2n) is 7.31. The first-order valence-corrected chi connectivity index (χ1v) is 13.1. The van der Waals surface area contributed by atoms with Crippen LogP contribution < -0.4 is 14.4 Å². The molecule has 1 atom stereocenters. The predicted molar refractivity (Wildman–Crippen MR) is 133 cm³/mol. The van der Waals surface area contributed by atoms with Crippen LogP contribution in [-0.4, -0.2) is 57.6 Å². The summed E-state index contributed by atoms with van der Waals surface area (Å²) in [5, 5.41) is 2.91. The molecule has 0 heterocycles. The third-order valence-electron chi connectivity index (χ3n) is 4.86. The normalized spacial score (nSPS) is 12.1. The summed E-state index contributed by atoms with van der Waals surface area (Å²) < 4.78 is 32.0. The number of carbonyl (C=O) groups excluding carboxylic acids is 2. The van der Waals surface area contributed by atoms with Gasteiger partial charge in [0, 0.05) is 17.6 Å². The fraction of sp³-hybridized carbons (Fsp3) is 0.364. The molecular formula is C22H27BrClN3O5S. The van der Waals surface area contributed by atoms with Crippen molar-refractivity contribution in [2.24, 2.45) is 0 Å². The lowest BCUT2D eigenvalue weighted by molar-refractivity contribution is -0.139. The highest BCUT2D eigenvalue weighted by Crippen LogP contribution is 2.30. The molecule has 0 spiro atoms. The zero-order valence-corrected chi connectivity index (χ0v) is 22.0. The number of benzene rings is 2. The van der Waals surface area contributed by atoms with Crippen molar-refractivity contribution in [2.45, 2.75) is 26.4 Å². The van der Waals surface area contributed by atoms with E-state index in [0.717, 1.165) is 20.6 Å². The Morgan fingerprint density at radius 2 is 1.91 bits per heavy atom. The number of nitrogens with one attached hydrogen (secondary N) is 1. The topological polar surface area (TPSA) is 96.0 Å². The van der Waals surface area contributed by atoms with Gasteiger partial charge in [-0.05, 0) is 49.7 Å². The molecule has 0 saturated heterocycles. The maximum atomic E-state index is 13.4. The van der Waals surface area contributed by atoms with E-state index in [0.29, 0.717) is 12.3 Å². The van der Waals surface area contributed by atoms with Gasteiger partial charge in [0.05, 0.1) is 24.1 Å². The molecule has 8 nitrogen and oxygen atoms in total. The molecule has 0 aliphatic carbocycles. The van der Waals surface area contributed by atoms with E-state index in [1.165, 1.54) is 30.2 Å². The monoisotopic (exact) mass is 559 g/mol. The molecule has 2 aromatic carbocycles. The van der Waals surface area contributed by atoms with E-state index in [2.05, 4.69) is 21.2 Å². The van der Waals surface area contributed by atoms with Crippen molar-refractivity contribution >= 4 is 55.1 Å². The summed E-state index contributed by atoms with van der Waals surface area (Å²) in [7, 11) is -2.39. The fourth-order valence-corrected chi connectivity index (χ4v) is 4.70. The molecule has 0 aliphatic heterocycles.